The maximum absolute atomic E-state index is 11.1. The van der Waals surface area contributed by atoms with E-state index in [9.17, 15) is 4.79 Å². The van der Waals surface area contributed by atoms with Crippen LogP contribution in [0.1, 0.15) is 10.4 Å². The minimum Gasteiger partial charge on any atom is -0.385 e. The van der Waals surface area contributed by atoms with Crippen LogP contribution in [-0.2, 0) is 0 Å². The molecule has 0 unspecified atom stereocenters. The lowest BCUT2D eigenvalue weighted by Gasteiger charge is -2.04. The third-order valence-corrected chi connectivity index (χ3v) is 3.31. The summed E-state index contributed by atoms with van der Waals surface area (Å²) >= 11 is 1.64. The summed E-state index contributed by atoms with van der Waals surface area (Å²) in [6, 6.07) is 9.59. The van der Waals surface area contributed by atoms with E-state index in [1.54, 1.807) is 17.8 Å². The van der Waals surface area contributed by atoms with Gasteiger partial charge in [0.1, 0.15) is 5.82 Å². The molecule has 0 bridgehead atoms. The number of rotatable bonds is 3. The summed E-state index contributed by atoms with van der Waals surface area (Å²) in [5.74, 6) is -0.213. The summed E-state index contributed by atoms with van der Waals surface area (Å²) in [6.07, 6.45) is 2.00. The predicted octanol–water partition coefficient (Wildman–Crippen LogP) is 2.08. The van der Waals surface area contributed by atoms with Crippen LogP contribution in [0.25, 0.3) is 11.3 Å². The molecule has 0 radical (unpaired) electrons. The van der Waals surface area contributed by atoms with E-state index in [0.717, 1.165) is 16.2 Å². The fourth-order valence-electron chi connectivity index (χ4n) is 1.69. The molecule has 1 heterocycles. The van der Waals surface area contributed by atoms with Gasteiger partial charge in [-0.05, 0) is 18.4 Å². The number of amides is 1. The summed E-state index contributed by atoms with van der Waals surface area (Å²) in [5, 5.41) is 0. The average molecular weight is 247 g/mol. The highest BCUT2D eigenvalue weighted by Crippen LogP contribution is 2.31. The molecule has 17 heavy (non-hydrogen) atoms. The molecule has 0 fully saturated rings. The van der Waals surface area contributed by atoms with Crippen molar-refractivity contribution < 1.29 is 4.79 Å². The second-order valence-electron chi connectivity index (χ2n) is 3.57. The van der Waals surface area contributed by atoms with Crippen LogP contribution >= 0.6 is 11.8 Å². The number of aromatic amines is 1. The first-order valence-electron chi connectivity index (χ1n) is 5.05. The van der Waals surface area contributed by atoms with Crippen molar-refractivity contribution in [1.29, 1.82) is 0 Å². The maximum atomic E-state index is 11.1. The lowest BCUT2D eigenvalue weighted by atomic mass is 10.1. The lowest BCUT2D eigenvalue weighted by Crippen LogP contribution is -2.11. The molecular formula is C12H13N3OS. The highest BCUT2D eigenvalue weighted by atomic mass is 32.2. The van der Waals surface area contributed by atoms with Crippen molar-refractivity contribution in [3.8, 4) is 11.3 Å². The van der Waals surface area contributed by atoms with E-state index in [-0.39, 0.29) is 0 Å². The van der Waals surface area contributed by atoms with E-state index in [4.69, 9.17) is 11.5 Å². The number of H-pyrrole nitrogens is 1. The van der Waals surface area contributed by atoms with Crippen LogP contribution in [-0.4, -0.2) is 17.1 Å². The Hall–Kier alpha value is -1.88. The molecule has 2 rings (SSSR count). The maximum Gasteiger partial charge on any atom is 0.252 e. The highest BCUT2D eigenvalue weighted by molar-refractivity contribution is 7.98. The smallest absolute Gasteiger partial charge is 0.252 e. The number of benzene rings is 1. The number of anilines is 1. The summed E-state index contributed by atoms with van der Waals surface area (Å²) < 4.78 is 0. The SMILES string of the molecule is CSc1ccccc1-c1cc(C(N)=O)c(N)[nH]1. The van der Waals surface area contributed by atoms with Gasteiger partial charge in [0, 0.05) is 16.2 Å². The van der Waals surface area contributed by atoms with Gasteiger partial charge in [-0.3, -0.25) is 4.79 Å². The van der Waals surface area contributed by atoms with Gasteiger partial charge < -0.3 is 16.5 Å². The number of aromatic nitrogens is 1. The zero-order chi connectivity index (χ0) is 12.4. The van der Waals surface area contributed by atoms with Crippen LogP contribution in [0.4, 0.5) is 5.82 Å². The molecule has 0 aliphatic carbocycles. The Balaban J connectivity index is 2.53. The van der Waals surface area contributed by atoms with Crippen LogP contribution in [0.5, 0.6) is 0 Å². The van der Waals surface area contributed by atoms with Gasteiger partial charge in [0.15, 0.2) is 0 Å². The van der Waals surface area contributed by atoms with Gasteiger partial charge >= 0.3 is 0 Å². The molecule has 1 amide bonds. The number of nitrogens with one attached hydrogen (secondary N) is 1. The van der Waals surface area contributed by atoms with Crippen molar-refractivity contribution in [2.24, 2.45) is 5.73 Å². The number of nitrogen functional groups attached to an aromatic ring is 1. The standard InChI is InChI=1S/C12H13N3OS/c1-17-10-5-3-2-4-7(10)9-6-8(12(14)16)11(13)15-9/h2-6,15H,13H2,1H3,(H2,14,16). The fourth-order valence-corrected chi connectivity index (χ4v) is 2.30. The third kappa shape index (κ3) is 2.14. The Morgan fingerprint density at radius 3 is 2.65 bits per heavy atom. The fraction of sp³-hybridized carbons (Fsp3) is 0.0833. The van der Waals surface area contributed by atoms with Crippen LogP contribution in [0.3, 0.4) is 0 Å². The van der Waals surface area contributed by atoms with Gasteiger partial charge in [-0.15, -0.1) is 11.8 Å². The predicted molar refractivity (Wildman–Crippen MR) is 70.9 cm³/mol. The monoisotopic (exact) mass is 247 g/mol. The first-order chi connectivity index (χ1) is 8.13. The van der Waals surface area contributed by atoms with Crippen molar-refractivity contribution in [2.45, 2.75) is 4.90 Å². The van der Waals surface area contributed by atoms with Crippen molar-refractivity contribution in [3.05, 3.63) is 35.9 Å². The zero-order valence-electron chi connectivity index (χ0n) is 9.36. The van der Waals surface area contributed by atoms with Gasteiger partial charge in [0.25, 0.3) is 5.91 Å². The number of thioether (sulfide) groups is 1. The number of carbonyl (C=O) groups excluding carboxylic acids is 1. The number of hydrogen-bond donors (Lipinski definition) is 3. The van der Waals surface area contributed by atoms with Crippen molar-refractivity contribution in [2.75, 3.05) is 12.0 Å². The topological polar surface area (TPSA) is 84.9 Å². The molecule has 0 aliphatic rings. The van der Waals surface area contributed by atoms with Crippen LogP contribution < -0.4 is 11.5 Å². The van der Waals surface area contributed by atoms with Crippen LogP contribution in [0, 0.1) is 0 Å². The number of carbonyl (C=O) groups is 1. The molecule has 0 saturated carbocycles. The van der Waals surface area contributed by atoms with E-state index in [1.807, 2.05) is 30.5 Å². The summed E-state index contributed by atoms with van der Waals surface area (Å²) in [4.78, 5) is 15.2. The Morgan fingerprint density at radius 2 is 2.06 bits per heavy atom. The second kappa shape index (κ2) is 4.55. The molecular weight excluding hydrogens is 234 g/mol. The molecule has 5 N–H and O–H groups in total. The normalized spacial score (nSPS) is 10.4. The highest BCUT2D eigenvalue weighted by Gasteiger charge is 2.13. The molecule has 5 heteroatoms. The van der Waals surface area contributed by atoms with E-state index >= 15 is 0 Å². The van der Waals surface area contributed by atoms with Crippen molar-refractivity contribution in [1.82, 2.24) is 4.98 Å². The molecule has 4 nitrogen and oxygen atoms in total. The molecule has 0 atom stereocenters. The van der Waals surface area contributed by atoms with E-state index in [0.29, 0.717) is 11.4 Å². The van der Waals surface area contributed by atoms with Gasteiger partial charge in [-0.25, -0.2) is 0 Å². The van der Waals surface area contributed by atoms with Crippen molar-refractivity contribution >= 4 is 23.5 Å². The van der Waals surface area contributed by atoms with E-state index in [1.165, 1.54) is 0 Å². The second-order valence-corrected chi connectivity index (χ2v) is 4.42. The van der Waals surface area contributed by atoms with Gasteiger partial charge in [0.05, 0.1) is 5.56 Å². The van der Waals surface area contributed by atoms with Gasteiger partial charge in [-0.1, -0.05) is 18.2 Å². The third-order valence-electron chi connectivity index (χ3n) is 2.51. The number of hydrogen-bond acceptors (Lipinski definition) is 3. The molecule has 2 aromatic rings. The summed E-state index contributed by atoms with van der Waals surface area (Å²) in [7, 11) is 0. The molecule has 0 aliphatic heterocycles. The minimum absolute atomic E-state index is 0.309. The zero-order valence-corrected chi connectivity index (χ0v) is 10.2. The van der Waals surface area contributed by atoms with E-state index < -0.39 is 5.91 Å². The molecule has 1 aromatic heterocycles. The average Bonchev–Trinajstić information content (AvgIpc) is 2.71. The van der Waals surface area contributed by atoms with E-state index in [2.05, 4.69) is 4.98 Å². The largest absolute Gasteiger partial charge is 0.385 e. The Bertz CT molecular complexity index is 563. The Labute approximate surface area is 103 Å². The Kier molecular flexibility index (Phi) is 3.10. The molecule has 1 aromatic carbocycles. The molecule has 0 saturated heterocycles. The summed E-state index contributed by atoms with van der Waals surface area (Å²) in [6.45, 7) is 0. The van der Waals surface area contributed by atoms with Crippen LogP contribution in [0.15, 0.2) is 35.2 Å². The Morgan fingerprint density at radius 1 is 1.35 bits per heavy atom. The van der Waals surface area contributed by atoms with Crippen LogP contribution in [0.2, 0.25) is 0 Å². The first kappa shape index (κ1) is 11.6. The van der Waals surface area contributed by atoms with Gasteiger partial charge in [-0.2, -0.15) is 0 Å². The summed E-state index contributed by atoms with van der Waals surface area (Å²) in [5.41, 5.74) is 13.1. The van der Waals surface area contributed by atoms with Gasteiger partial charge in [0.2, 0.25) is 0 Å². The minimum atomic E-state index is -0.522. The molecule has 0 spiro atoms. The lowest BCUT2D eigenvalue weighted by molar-refractivity contribution is 0.100. The number of primary amides is 1. The van der Waals surface area contributed by atoms with Crippen molar-refractivity contribution in [3.63, 3.8) is 0 Å². The molecule has 88 valence electrons. The first-order valence-corrected chi connectivity index (χ1v) is 6.27. The number of nitrogens with two attached hydrogens (primary N) is 2. The quantitative estimate of drug-likeness (QED) is 0.726.